The quantitative estimate of drug-likeness (QED) is 0.927. The molecule has 1 N–H and O–H groups in total. The number of hydrogen-bond donors (Lipinski definition) is 1. The Kier molecular flexibility index (Phi) is 4.11. The molecule has 0 saturated carbocycles. The van der Waals surface area contributed by atoms with Crippen molar-refractivity contribution in [1.82, 2.24) is 14.9 Å². The predicted octanol–water partition coefficient (Wildman–Crippen LogP) is 3.50. The molecule has 19 heavy (non-hydrogen) atoms. The highest BCUT2D eigenvalue weighted by atomic mass is 32.1. The van der Waals surface area contributed by atoms with E-state index in [0.717, 1.165) is 13.1 Å². The molecular formula is C15H23N3S. The molecule has 104 valence electrons. The minimum absolute atomic E-state index is 0.130. The minimum atomic E-state index is 0.130. The number of aromatic nitrogens is 2. The van der Waals surface area contributed by atoms with E-state index in [1.54, 1.807) is 0 Å². The Morgan fingerprint density at radius 3 is 2.63 bits per heavy atom. The van der Waals surface area contributed by atoms with Crippen LogP contribution in [0.15, 0.2) is 18.6 Å². The molecule has 0 aliphatic carbocycles. The zero-order chi connectivity index (χ0) is 14.0. The van der Waals surface area contributed by atoms with Crippen LogP contribution in [-0.4, -0.2) is 15.1 Å². The normalized spacial score (nSPS) is 12.1. The van der Waals surface area contributed by atoms with Gasteiger partial charge < -0.3 is 9.88 Å². The lowest BCUT2D eigenvalue weighted by Crippen LogP contribution is -2.35. The Morgan fingerprint density at radius 2 is 2.05 bits per heavy atom. The lowest BCUT2D eigenvalue weighted by molar-refractivity contribution is 0.417. The van der Waals surface area contributed by atoms with Gasteiger partial charge in [0, 0.05) is 28.0 Å². The summed E-state index contributed by atoms with van der Waals surface area (Å²) in [6.45, 7) is 12.7. The number of rotatable bonds is 4. The molecule has 0 atom stereocenters. The lowest BCUT2D eigenvalue weighted by atomic mass is 10.1. The number of hydrogen-bond acceptors (Lipinski definition) is 3. The molecule has 0 aromatic carbocycles. The summed E-state index contributed by atoms with van der Waals surface area (Å²) in [5.74, 6) is 0. The molecule has 3 nitrogen and oxygen atoms in total. The van der Waals surface area contributed by atoms with Crippen LogP contribution in [0.2, 0.25) is 0 Å². The molecule has 0 amide bonds. The van der Waals surface area contributed by atoms with Crippen molar-refractivity contribution in [2.24, 2.45) is 0 Å². The average molecular weight is 277 g/mol. The van der Waals surface area contributed by atoms with Crippen molar-refractivity contribution in [3.63, 3.8) is 0 Å². The van der Waals surface area contributed by atoms with Crippen molar-refractivity contribution in [3.05, 3.63) is 39.6 Å². The topological polar surface area (TPSA) is 29.9 Å². The van der Waals surface area contributed by atoms with Crippen LogP contribution in [0.4, 0.5) is 0 Å². The van der Waals surface area contributed by atoms with Crippen LogP contribution in [-0.2, 0) is 13.1 Å². The second-order valence-corrected chi connectivity index (χ2v) is 7.41. The maximum atomic E-state index is 4.28. The third-order valence-electron chi connectivity index (χ3n) is 3.14. The van der Waals surface area contributed by atoms with Crippen molar-refractivity contribution >= 4 is 11.3 Å². The fraction of sp³-hybridized carbons (Fsp3) is 0.533. The average Bonchev–Trinajstić information content (AvgIpc) is 2.84. The molecule has 0 radical (unpaired) electrons. The Bertz CT molecular complexity index is 526. The molecule has 0 aliphatic rings. The summed E-state index contributed by atoms with van der Waals surface area (Å²) in [5.41, 5.74) is 2.75. The van der Waals surface area contributed by atoms with Crippen LogP contribution in [0.1, 0.15) is 41.8 Å². The smallest absolute Gasteiger partial charge is 0.0952 e. The van der Waals surface area contributed by atoms with E-state index in [1.807, 2.05) is 23.9 Å². The Hall–Kier alpha value is -1.13. The Balaban J connectivity index is 2.07. The highest BCUT2D eigenvalue weighted by Crippen LogP contribution is 2.22. The maximum absolute atomic E-state index is 4.28. The van der Waals surface area contributed by atoms with Gasteiger partial charge in [-0.2, -0.15) is 0 Å². The largest absolute Gasteiger partial charge is 0.328 e. The van der Waals surface area contributed by atoms with Gasteiger partial charge in [-0.1, -0.05) is 0 Å². The molecule has 4 heteroatoms. The first-order valence-corrected chi connectivity index (χ1v) is 7.47. The summed E-state index contributed by atoms with van der Waals surface area (Å²) in [5, 5.41) is 3.51. The van der Waals surface area contributed by atoms with Crippen molar-refractivity contribution in [3.8, 4) is 0 Å². The fourth-order valence-electron chi connectivity index (χ4n) is 1.89. The third kappa shape index (κ3) is 3.91. The van der Waals surface area contributed by atoms with Crippen LogP contribution in [0, 0.1) is 13.8 Å². The summed E-state index contributed by atoms with van der Waals surface area (Å²) >= 11 is 1.88. The standard InChI is InChI=1S/C15H23N3S/c1-11-6-14(19-12(11)2)9-18-10-16-7-13(18)8-17-15(3,4)5/h6-7,10,17H,8-9H2,1-5H3. The molecule has 0 unspecified atom stereocenters. The van der Waals surface area contributed by atoms with Crippen molar-refractivity contribution in [2.75, 3.05) is 0 Å². The molecule has 0 saturated heterocycles. The summed E-state index contributed by atoms with van der Waals surface area (Å²) < 4.78 is 2.23. The van der Waals surface area contributed by atoms with E-state index < -0.39 is 0 Å². The number of nitrogens with zero attached hydrogens (tertiary/aromatic N) is 2. The number of imidazole rings is 1. The first-order chi connectivity index (χ1) is 8.85. The number of thiophene rings is 1. The monoisotopic (exact) mass is 277 g/mol. The molecular weight excluding hydrogens is 254 g/mol. The van der Waals surface area contributed by atoms with Gasteiger partial charge in [-0.25, -0.2) is 4.98 Å². The maximum Gasteiger partial charge on any atom is 0.0952 e. The number of aryl methyl sites for hydroxylation is 2. The van der Waals surface area contributed by atoms with E-state index in [0.29, 0.717) is 0 Å². The van der Waals surface area contributed by atoms with Gasteiger partial charge in [-0.3, -0.25) is 0 Å². The molecule has 2 aromatic heterocycles. The summed E-state index contributed by atoms with van der Waals surface area (Å²) in [4.78, 5) is 7.08. The molecule has 2 rings (SSSR count). The fourth-order valence-corrected chi connectivity index (χ4v) is 2.94. The molecule has 0 bridgehead atoms. The van der Waals surface area contributed by atoms with E-state index in [2.05, 4.69) is 55.6 Å². The molecule has 2 heterocycles. The third-order valence-corrected chi connectivity index (χ3v) is 4.28. The Morgan fingerprint density at radius 1 is 1.32 bits per heavy atom. The molecule has 0 spiro atoms. The number of nitrogens with one attached hydrogen (secondary N) is 1. The van der Waals surface area contributed by atoms with E-state index in [1.165, 1.54) is 21.0 Å². The minimum Gasteiger partial charge on any atom is -0.328 e. The Labute approximate surface area is 119 Å². The van der Waals surface area contributed by atoms with Gasteiger partial charge in [0.05, 0.1) is 18.6 Å². The van der Waals surface area contributed by atoms with Gasteiger partial charge in [0.1, 0.15) is 0 Å². The van der Waals surface area contributed by atoms with Crippen LogP contribution in [0.25, 0.3) is 0 Å². The van der Waals surface area contributed by atoms with Crippen LogP contribution in [0.5, 0.6) is 0 Å². The van der Waals surface area contributed by atoms with Crippen molar-refractivity contribution < 1.29 is 0 Å². The van der Waals surface area contributed by atoms with E-state index in [9.17, 15) is 0 Å². The van der Waals surface area contributed by atoms with Crippen molar-refractivity contribution in [1.29, 1.82) is 0 Å². The van der Waals surface area contributed by atoms with Crippen LogP contribution < -0.4 is 5.32 Å². The zero-order valence-electron chi connectivity index (χ0n) is 12.4. The molecule has 0 fully saturated rings. The first kappa shape index (κ1) is 14.3. The van der Waals surface area contributed by atoms with Gasteiger partial charge in [0.2, 0.25) is 0 Å². The summed E-state index contributed by atoms with van der Waals surface area (Å²) in [7, 11) is 0. The van der Waals surface area contributed by atoms with Gasteiger partial charge in [-0.15, -0.1) is 11.3 Å². The van der Waals surface area contributed by atoms with Crippen LogP contribution >= 0.6 is 11.3 Å². The van der Waals surface area contributed by atoms with Crippen molar-refractivity contribution in [2.45, 2.75) is 53.2 Å². The second-order valence-electron chi connectivity index (χ2n) is 6.07. The lowest BCUT2D eigenvalue weighted by Gasteiger charge is -2.20. The highest BCUT2D eigenvalue weighted by molar-refractivity contribution is 7.12. The van der Waals surface area contributed by atoms with E-state index >= 15 is 0 Å². The second kappa shape index (κ2) is 5.47. The predicted molar refractivity (Wildman–Crippen MR) is 81.7 cm³/mol. The van der Waals surface area contributed by atoms with Gasteiger partial charge in [0.15, 0.2) is 0 Å². The molecule has 2 aromatic rings. The summed E-state index contributed by atoms with van der Waals surface area (Å²) in [6, 6.07) is 2.28. The van der Waals surface area contributed by atoms with Gasteiger partial charge >= 0.3 is 0 Å². The van der Waals surface area contributed by atoms with Crippen LogP contribution in [0.3, 0.4) is 0 Å². The first-order valence-electron chi connectivity index (χ1n) is 6.65. The van der Waals surface area contributed by atoms with Gasteiger partial charge in [0.25, 0.3) is 0 Å². The van der Waals surface area contributed by atoms with Gasteiger partial charge in [-0.05, 0) is 46.2 Å². The molecule has 0 aliphatic heterocycles. The zero-order valence-corrected chi connectivity index (χ0v) is 13.3. The van der Waals surface area contributed by atoms with E-state index in [4.69, 9.17) is 0 Å². The van der Waals surface area contributed by atoms with E-state index in [-0.39, 0.29) is 5.54 Å². The summed E-state index contributed by atoms with van der Waals surface area (Å²) in [6.07, 6.45) is 3.87. The highest BCUT2D eigenvalue weighted by Gasteiger charge is 2.11. The SMILES string of the molecule is Cc1cc(Cn2cncc2CNC(C)(C)C)sc1C.